The van der Waals surface area contributed by atoms with Gasteiger partial charge >= 0.3 is 222 Å². The van der Waals surface area contributed by atoms with Crippen LogP contribution in [0.25, 0.3) is 15.7 Å². The summed E-state index contributed by atoms with van der Waals surface area (Å²) in [4.78, 5) is 40.4. The normalized spacial score (nSPS) is 16.9. The molecule has 4 aromatic heterocycles. The second-order valence-corrected chi connectivity index (χ2v) is 17.9. The Morgan fingerprint density at radius 3 is 2.22 bits per heavy atom. The summed E-state index contributed by atoms with van der Waals surface area (Å²) in [6.45, 7) is 4.60. The second-order valence-electron chi connectivity index (χ2n) is 9.45. The number of carbonyl (C=O) groups is 2. The summed E-state index contributed by atoms with van der Waals surface area (Å²) in [5.74, 6) is -0.314. The van der Waals surface area contributed by atoms with E-state index in [2.05, 4.69) is 47.2 Å². The average Bonchev–Trinajstić information content (AvgIpc) is 3.59. The van der Waals surface area contributed by atoms with Crippen molar-refractivity contribution in [3.05, 3.63) is 93.1 Å². The zero-order valence-corrected chi connectivity index (χ0v) is 23.9. The van der Waals surface area contributed by atoms with E-state index in [0.29, 0.717) is 11.1 Å². The molecule has 5 aromatic rings. The van der Waals surface area contributed by atoms with Crippen LogP contribution in [0.15, 0.2) is 77.5 Å². The molecule has 1 aromatic carbocycles. The van der Waals surface area contributed by atoms with Crippen LogP contribution in [0.5, 0.6) is 0 Å². The van der Waals surface area contributed by atoms with Gasteiger partial charge < -0.3 is 0 Å². The molecule has 0 radical (unpaired) electrons. The fourth-order valence-corrected chi connectivity index (χ4v) is 11.6. The number of aromatic nitrogens is 2. The van der Waals surface area contributed by atoms with E-state index in [1.54, 1.807) is 0 Å². The summed E-state index contributed by atoms with van der Waals surface area (Å²) in [7, 11) is -2.04. The molecule has 0 saturated carbocycles. The number of hydrogen-bond acceptors (Lipinski definition) is 5. The number of carbonyl (C=O) groups excluding carboxylic acids is 2. The van der Waals surface area contributed by atoms with Gasteiger partial charge in [0.1, 0.15) is 0 Å². The minimum absolute atomic E-state index is 0.0841. The van der Waals surface area contributed by atoms with Gasteiger partial charge in [0.15, 0.2) is 0 Å². The number of rotatable bonds is 2. The molecule has 7 rings (SSSR count). The summed E-state index contributed by atoms with van der Waals surface area (Å²) in [5, 5.41) is 3.32. The summed E-state index contributed by atoms with van der Waals surface area (Å²) in [6.07, 6.45) is 5.55. The Labute approximate surface area is 220 Å². The van der Waals surface area contributed by atoms with E-state index in [1.807, 2.05) is 48.8 Å². The van der Waals surface area contributed by atoms with Gasteiger partial charge in [0.05, 0.1) is 0 Å². The van der Waals surface area contributed by atoms with Gasteiger partial charge in [-0.15, -0.1) is 0 Å². The van der Waals surface area contributed by atoms with Gasteiger partial charge in [-0.2, -0.15) is 0 Å². The Balaban J connectivity index is 1.32. The molecule has 0 amide bonds. The SMILES string of the molecule is C[Si]1(C)c2ncccc2N(c2ccc(/C=C3\C(=O)c4cc5cc[se]c5cc4C3=O)[se]2)c2cccnc21. The Hall–Kier alpha value is -3.12. The number of ketones is 2. The summed E-state index contributed by atoms with van der Waals surface area (Å²) < 4.78 is 3.33. The molecule has 0 saturated heterocycles. The van der Waals surface area contributed by atoms with Crippen molar-refractivity contribution >= 4 is 90.9 Å². The first-order valence-corrected chi connectivity index (χ1v) is 18.1. The number of pyridine rings is 2. The monoisotopic (exact) mass is 617 g/mol. The number of nitrogens with zero attached hydrogens (tertiary/aromatic N) is 3. The van der Waals surface area contributed by atoms with Gasteiger partial charge in [-0.3, -0.25) is 0 Å². The number of fused-ring (bicyclic) bond motifs is 4. The van der Waals surface area contributed by atoms with Crippen LogP contribution in [0.1, 0.15) is 25.2 Å². The van der Waals surface area contributed by atoms with Crippen molar-refractivity contribution in [2.45, 2.75) is 13.1 Å². The molecule has 36 heavy (non-hydrogen) atoms. The molecule has 2 aliphatic rings. The van der Waals surface area contributed by atoms with E-state index in [0.717, 1.165) is 36.4 Å². The number of hydrogen-bond donors (Lipinski definition) is 0. The molecule has 0 N–H and O–H groups in total. The molecule has 5 nitrogen and oxygen atoms in total. The van der Waals surface area contributed by atoms with Gasteiger partial charge in [0.25, 0.3) is 0 Å². The number of allylic oxidation sites excluding steroid dienone is 1. The van der Waals surface area contributed by atoms with Gasteiger partial charge in [0, 0.05) is 0 Å². The molecule has 174 valence electrons. The van der Waals surface area contributed by atoms with Crippen LogP contribution < -0.4 is 15.5 Å². The summed E-state index contributed by atoms with van der Waals surface area (Å²) in [5.41, 5.74) is 3.59. The predicted molar refractivity (Wildman–Crippen MR) is 148 cm³/mol. The van der Waals surface area contributed by atoms with Gasteiger partial charge in [-0.25, -0.2) is 0 Å². The molecular formula is C28H19N3O2Se2Si. The molecule has 0 bridgehead atoms. The van der Waals surface area contributed by atoms with Gasteiger partial charge in [0.2, 0.25) is 0 Å². The first kappa shape index (κ1) is 22.1. The van der Waals surface area contributed by atoms with Crippen LogP contribution in [0.3, 0.4) is 0 Å². The summed E-state index contributed by atoms with van der Waals surface area (Å²) >= 11 is 0.150. The van der Waals surface area contributed by atoms with Crippen LogP contribution in [-0.2, 0) is 0 Å². The Kier molecular flexibility index (Phi) is 4.87. The van der Waals surface area contributed by atoms with Crippen molar-refractivity contribution in [2.24, 2.45) is 0 Å². The molecule has 1 aliphatic heterocycles. The number of anilines is 3. The fourth-order valence-electron chi connectivity index (χ4n) is 5.19. The molecule has 0 spiro atoms. The Morgan fingerprint density at radius 1 is 0.861 bits per heavy atom. The van der Waals surface area contributed by atoms with Crippen LogP contribution >= 0.6 is 0 Å². The number of benzene rings is 1. The topological polar surface area (TPSA) is 63.2 Å². The van der Waals surface area contributed by atoms with Crippen LogP contribution in [0.4, 0.5) is 15.9 Å². The van der Waals surface area contributed by atoms with Crippen LogP contribution in [0, 0.1) is 0 Å². The predicted octanol–water partition coefficient (Wildman–Crippen LogP) is 3.81. The molecule has 0 fully saturated rings. The summed E-state index contributed by atoms with van der Waals surface area (Å²) in [6, 6.07) is 18.3. The number of Topliss-reactive ketones (excluding diaryl/α,β-unsaturated/α-hetero) is 2. The van der Waals surface area contributed by atoms with Crippen LogP contribution in [-0.4, -0.2) is 58.6 Å². The van der Waals surface area contributed by atoms with E-state index in [-0.39, 0.29) is 46.1 Å². The first-order valence-electron chi connectivity index (χ1n) is 11.6. The van der Waals surface area contributed by atoms with Crippen molar-refractivity contribution in [3.8, 4) is 0 Å². The average molecular weight is 615 g/mol. The van der Waals surface area contributed by atoms with Crippen molar-refractivity contribution in [3.63, 3.8) is 0 Å². The van der Waals surface area contributed by atoms with E-state index < -0.39 is 8.07 Å². The maximum absolute atomic E-state index is 13.2. The van der Waals surface area contributed by atoms with Crippen molar-refractivity contribution in [1.29, 1.82) is 0 Å². The van der Waals surface area contributed by atoms with Crippen molar-refractivity contribution in [1.82, 2.24) is 9.97 Å². The Bertz CT molecular complexity index is 1680. The minimum atomic E-state index is -2.04. The molecule has 0 unspecified atom stereocenters. The third-order valence-electron chi connectivity index (χ3n) is 6.93. The molecular weight excluding hydrogens is 596 g/mol. The standard InChI is InChI=1S/C28H19N3O2Se2Si/c1-36(2)27-21(5-3-10-29-27)31(22-6-4-11-30-28(22)36)24-8-7-17(35-24)14-20-25(32)18-13-16-9-12-34-23(16)15-19(18)26(20)33/h3-15H,1-2H3/b20-14+. The zero-order valence-electron chi connectivity index (χ0n) is 19.5. The molecule has 0 atom stereocenters. The van der Waals surface area contributed by atoms with Gasteiger partial charge in [-0.05, 0) is 0 Å². The molecule has 5 heterocycles. The van der Waals surface area contributed by atoms with Crippen molar-refractivity contribution in [2.75, 3.05) is 4.90 Å². The molecule has 1 aliphatic carbocycles. The quantitative estimate of drug-likeness (QED) is 0.172. The first-order chi connectivity index (χ1) is 17.4. The van der Waals surface area contributed by atoms with Crippen molar-refractivity contribution < 1.29 is 9.59 Å². The van der Waals surface area contributed by atoms with E-state index in [1.165, 1.54) is 4.26 Å². The third kappa shape index (κ3) is 3.13. The van der Waals surface area contributed by atoms with E-state index >= 15 is 0 Å². The fraction of sp³-hybridized carbons (Fsp3) is 0.0714. The third-order valence-corrected chi connectivity index (χ3v) is 14.0. The van der Waals surface area contributed by atoms with E-state index in [4.69, 9.17) is 9.97 Å². The molecule has 8 heteroatoms. The van der Waals surface area contributed by atoms with Crippen LogP contribution in [0.2, 0.25) is 13.1 Å². The zero-order chi connectivity index (χ0) is 24.6. The Morgan fingerprint density at radius 2 is 1.53 bits per heavy atom. The second kappa shape index (κ2) is 7.94. The maximum atomic E-state index is 13.2. The van der Waals surface area contributed by atoms with E-state index in [9.17, 15) is 9.59 Å². The van der Waals surface area contributed by atoms with Gasteiger partial charge in [-0.1, -0.05) is 0 Å².